The van der Waals surface area contributed by atoms with Crippen LogP contribution in [0.3, 0.4) is 0 Å². The summed E-state index contributed by atoms with van der Waals surface area (Å²) < 4.78 is 3.40. The van der Waals surface area contributed by atoms with Crippen LogP contribution in [-0.2, 0) is 6.54 Å². The lowest BCUT2D eigenvalue weighted by molar-refractivity contribution is 0.0773. The molecule has 0 N–H and O–H groups in total. The van der Waals surface area contributed by atoms with Crippen molar-refractivity contribution in [2.24, 2.45) is 0 Å². The van der Waals surface area contributed by atoms with E-state index in [-0.39, 0.29) is 11.7 Å². The van der Waals surface area contributed by atoms with Crippen molar-refractivity contribution in [1.29, 1.82) is 0 Å². The molecule has 0 radical (unpaired) electrons. The van der Waals surface area contributed by atoms with E-state index >= 15 is 0 Å². The van der Waals surface area contributed by atoms with Gasteiger partial charge in [0.1, 0.15) is 0 Å². The van der Waals surface area contributed by atoms with E-state index in [9.17, 15) is 4.79 Å². The molecule has 0 bridgehead atoms. The Kier molecular flexibility index (Phi) is 5.59. The normalized spacial score (nSPS) is 11.2. The summed E-state index contributed by atoms with van der Waals surface area (Å²) in [5.74, 6) is 0.220. The Hall–Kier alpha value is -4.04. The highest BCUT2D eigenvalue weighted by atomic mass is 35.5. The molecule has 3 heterocycles. The monoisotopic (exact) mass is 471 g/mol. The Morgan fingerprint density at radius 2 is 1.74 bits per heavy atom. The number of carbonyl (C=O) groups is 1. The average Bonchev–Trinajstić information content (AvgIpc) is 3.44. The molecular weight excluding hydrogens is 450 g/mol. The van der Waals surface area contributed by atoms with Crippen molar-refractivity contribution in [2.45, 2.75) is 20.4 Å². The van der Waals surface area contributed by atoms with E-state index < -0.39 is 0 Å². The van der Waals surface area contributed by atoms with Crippen molar-refractivity contribution in [3.8, 4) is 16.9 Å². The van der Waals surface area contributed by atoms with E-state index in [1.54, 1.807) is 16.5 Å². The standard InChI is InChI=1S/C25H22ClN7O/c1-16-13-17(2)33-25(27-16)28-23(30-33)24(34)31(3)14-19-15-32(21-7-5-4-6-8-21)29-22(19)18-9-11-20(26)12-10-18/h4-13,15H,14H2,1-3H3. The van der Waals surface area contributed by atoms with Crippen molar-refractivity contribution in [3.63, 3.8) is 0 Å². The van der Waals surface area contributed by atoms with Crippen LogP contribution in [-0.4, -0.2) is 47.2 Å². The van der Waals surface area contributed by atoms with Crippen molar-refractivity contribution >= 4 is 23.3 Å². The molecule has 2 aromatic carbocycles. The van der Waals surface area contributed by atoms with Gasteiger partial charge >= 0.3 is 0 Å². The maximum atomic E-state index is 13.2. The van der Waals surface area contributed by atoms with Crippen molar-refractivity contribution in [3.05, 3.63) is 94.7 Å². The SMILES string of the molecule is Cc1cc(C)n2nc(C(=O)N(C)Cc3cn(-c4ccccc4)nc3-c3ccc(Cl)cc3)nc2n1. The molecule has 170 valence electrons. The number of hydrogen-bond donors (Lipinski definition) is 0. The van der Waals surface area contributed by atoms with Crippen LogP contribution in [0.2, 0.25) is 5.02 Å². The summed E-state index contributed by atoms with van der Waals surface area (Å²) in [5.41, 5.74) is 5.19. The highest BCUT2D eigenvalue weighted by Gasteiger charge is 2.22. The Bertz CT molecular complexity index is 1490. The summed E-state index contributed by atoms with van der Waals surface area (Å²) in [6.45, 7) is 4.12. The highest BCUT2D eigenvalue weighted by molar-refractivity contribution is 6.30. The van der Waals surface area contributed by atoms with Gasteiger partial charge in [0.05, 0.1) is 11.4 Å². The van der Waals surface area contributed by atoms with E-state index in [4.69, 9.17) is 16.7 Å². The predicted molar refractivity (Wildman–Crippen MR) is 130 cm³/mol. The smallest absolute Gasteiger partial charge is 0.293 e. The van der Waals surface area contributed by atoms with E-state index in [1.807, 2.05) is 85.4 Å². The second kappa shape index (κ2) is 8.72. The maximum absolute atomic E-state index is 13.2. The van der Waals surface area contributed by atoms with Gasteiger partial charge in [0, 0.05) is 47.3 Å². The molecule has 0 fully saturated rings. The van der Waals surface area contributed by atoms with Crippen LogP contribution in [0.1, 0.15) is 27.6 Å². The molecule has 3 aromatic heterocycles. The summed E-state index contributed by atoms with van der Waals surface area (Å²) in [6, 6.07) is 19.2. The van der Waals surface area contributed by atoms with Crippen LogP contribution in [0.25, 0.3) is 22.7 Å². The average molecular weight is 472 g/mol. The molecule has 0 saturated heterocycles. The molecule has 0 aliphatic rings. The Labute approximate surface area is 201 Å². The van der Waals surface area contributed by atoms with E-state index in [0.717, 1.165) is 33.9 Å². The molecule has 0 atom stereocenters. The Morgan fingerprint density at radius 3 is 2.47 bits per heavy atom. The van der Waals surface area contributed by atoms with Crippen molar-refractivity contribution in [2.75, 3.05) is 7.05 Å². The van der Waals surface area contributed by atoms with Crippen molar-refractivity contribution in [1.82, 2.24) is 34.3 Å². The van der Waals surface area contributed by atoms with Gasteiger partial charge in [-0.05, 0) is 44.2 Å². The van der Waals surface area contributed by atoms with Gasteiger partial charge in [-0.25, -0.2) is 14.2 Å². The number of aryl methyl sites for hydroxylation is 2. The minimum absolute atomic E-state index is 0.104. The summed E-state index contributed by atoms with van der Waals surface area (Å²) in [4.78, 5) is 23.5. The summed E-state index contributed by atoms with van der Waals surface area (Å²) in [7, 11) is 1.73. The van der Waals surface area contributed by atoms with Crippen LogP contribution in [0.15, 0.2) is 66.9 Å². The van der Waals surface area contributed by atoms with Gasteiger partial charge in [-0.1, -0.05) is 41.9 Å². The third-order valence-electron chi connectivity index (χ3n) is 5.49. The first-order valence-corrected chi connectivity index (χ1v) is 11.1. The third kappa shape index (κ3) is 4.15. The number of para-hydroxylation sites is 1. The Morgan fingerprint density at radius 1 is 1.00 bits per heavy atom. The van der Waals surface area contributed by atoms with Gasteiger partial charge in [-0.15, -0.1) is 5.10 Å². The minimum Gasteiger partial charge on any atom is -0.334 e. The van der Waals surface area contributed by atoms with Crippen molar-refractivity contribution < 1.29 is 4.79 Å². The predicted octanol–water partition coefficient (Wildman–Crippen LogP) is 4.52. The molecular formula is C25H22ClN7O. The molecule has 34 heavy (non-hydrogen) atoms. The number of fused-ring (bicyclic) bond motifs is 1. The number of carbonyl (C=O) groups excluding carboxylic acids is 1. The quantitative estimate of drug-likeness (QED) is 0.376. The number of nitrogens with zero attached hydrogens (tertiary/aromatic N) is 7. The molecule has 0 aliphatic carbocycles. The summed E-state index contributed by atoms with van der Waals surface area (Å²) in [5, 5.41) is 9.84. The first-order chi connectivity index (χ1) is 16.4. The second-order valence-corrected chi connectivity index (χ2v) is 8.57. The van der Waals surface area contributed by atoms with E-state index in [0.29, 0.717) is 17.3 Å². The number of amides is 1. The van der Waals surface area contributed by atoms with Crippen LogP contribution in [0, 0.1) is 13.8 Å². The number of benzene rings is 2. The lowest BCUT2D eigenvalue weighted by atomic mass is 10.1. The van der Waals surface area contributed by atoms with Crippen LogP contribution < -0.4 is 0 Å². The number of aromatic nitrogens is 6. The number of halogens is 1. The summed E-state index contributed by atoms with van der Waals surface area (Å²) in [6.07, 6.45) is 1.94. The zero-order valence-electron chi connectivity index (χ0n) is 19.0. The molecule has 0 aliphatic heterocycles. The molecule has 0 spiro atoms. The maximum Gasteiger partial charge on any atom is 0.293 e. The minimum atomic E-state index is -0.294. The van der Waals surface area contributed by atoms with E-state index in [1.165, 1.54) is 0 Å². The molecule has 9 heteroatoms. The molecule has 1 amide bonds. The largest absolute Gasteiger partial charge is 0.334 e. The molecule has 8 nitrogen and oxygen atoms in total. The lowest BCUT2D eigenvalue weighted by Gasteiger charge is -2.15. The first kappa shape index (κ1) is 21.8. The highest BCUT2D eigenvalue weighted by Crippen LogP contribution is 2.26. The second-order valence-electron chi connectivity index (χ2n) is 8.14. The number of rotatable bonds is 5. The third-order valence-corrected chi connectivity index (χ3v) is 5.74. The van der Waals surface area contributed by atoms with E-state index in [2.05, 4.69) is 15.1 Å². The molecule has 0 unspecified atom stereocenters. The Balaban J connectivity index is 1.49. The summed E-state index contributed by atoms with van der Waals surface area (Å²) >= 11 is 6.09. The zero-order valence-corrected chi connectivity index (χ0v) is 19.7. The first-order valence-electron chi connectivity index (χ1n) is 10.8. The van der Waals surface area contributed by atoms with Gasteiger partial charge in [-0.2, -0.15) is 10.1 Å². The molecule has 5 aromatic rings. The van der Waals surface area contributed by atoms with Gasteiger partial charge in [0.25, 0.3) is 11.7 Å². The van der Waals surface area contributed by atoms with Crippen LogP contribution in [0.5, 0.6) is 0 Å². The van der Waals surface area contributed by atoms with Gasteiger partial charge < -0.3 is 4.90 Å². The lowest BCUT2D eigenvalue weighted by Crippen LogP contribution is -2.27. The fraction of sp³-hybridized carbons (Fsp3) is 0.160. The molecule has 5 rings (SSSR count). The van der Waals surface area contributed by atoms with Crippen LogP contribution >= 0.6 is 11.6 Å². The van der Waals surface area contributed by atoms with Gasteiger partial charge in [0.15, 0.2) is 0 Å². The van der Waals surface area contributed by atoms with Gasteiger partial charge in [0.2, 0.25) is 5.82 Å². The fourth-order valence-corrected chi connectivity index (χ4v) is 3.97. The zero-order chi connectivity index (χ0) is 23.8. The molecule has 0 saturated carbocycles. The van der Waals surface area contributed by atoms with Crippen LogP contribution in [0.4, 0.5) is 0 Å². The number of hydrogen-bond acceptors (Lipinski definition) is 5. The fourth-order valence-electron chi connectivity index (χ4n) is 3.84. The topological polar surface area (TPSA) is 81.2 Å². The van der Waals surface area contributed by atoms with Gasteiger partial charge in [-0.3, -0.25) is 4.79 Å².